The smallest absolute Gasteiger partial charge is 0.308 e. The molecule has 1 aromatic carbocycles. The van der Waals surface area contributed by atoms with Gasteiger partial charge in [0, 0.05) is 12.6 Å². The number of nitrogens with zero attached hydrogens (tertiary/aromatic N) is 1. The summed E-state index contributed by atoms with van der Waals surface area (Å²) in [5.41, 5.74) is 1.07. The molecule has 1 aliphatic heterocycles. The Hall–Kier alpha value is -2.04. The third-order valence-electron chi connectivity index (χ3n) is 3.74. The molecule has 1 aliphatic rings. The van der Waals surface area contributed by atoms with Crippen LogP contribution >= 0.6 is 0 Å². The third-order valence-corrected chi connectivity index (χ3v) is 3.74. The maximum Gasteiger partial charge on any atom is 0.308 e. The monoisotopic (exact) mass is 277 g/mol. The van der Waals surface area contributed by atoms with Gasteiger partial charge < -0.3 is 14.7 Å². The van der Waals surface area contributed by atoms with Crippen molar-refractivity contribution in [1.29, 1.82) is 0 Å². The van der Waals surface area contributed by atoms with Crippen molar-refractivity contribution in [2.45, 2.75) is 26.3 Å². The first-order chi connectivity index (χ1) is 9.49. The number of carboxylic acid groups (broad SMARTS) is 1. The SMILES string of the molecule is Cc1cccc(OCC(=O)N2CCC(C(=O)O)C2C)c1. The van der Waals surface area contributed by atoms with E-state index in [9.17, 15) is 9.59 Å². The van der Waals surface area contributed by atoms with Crippen molar-refractivity contribution < 1.29 is 19.4 Å². The summed E-state index contributed by atoms with van der Waals surface area (Å²) in [5.74, 6) is -0.826. The fourth-order valence-corrected chi connectivity index (χ4v) is 2.55. The summed E-state index contributed by atoms with van der Waals surface area (Å²) < 4.78 is 5.47. The minimum Gasteiger partial charge on any atom is -0.484 e. The Balaban J connectivity index is 1.91. The average molecular weight is 277 g/mol. The van der Waals surface area contributed by atoms with Crippen LogP contribution in [0.15, 0.2) is 24.3 Å². The molecule has 0 radical (unpaired) electrons. The second kappa shape index (κ2) is 5.94. The highest BCUT2D eigenvalue weighted by atomic mass is 16.5. The topological polar surface area (TPSA) is 66.8 Å². The van der Waals surface area contributed by atoms with Gasteiger partial charge in [-0.25, -0.2) is 0 Å². The van der Waals surface area contributed by atoms with E-state index in [0.717, 1.165) is 5.56 Å². The number of carboxylic acids is 1. The summed E-state index contributed by atoms with van der Waals surface area (Å²) in [6.07, 6.45) is 0.507. The highest BCUT2D eigenvalue weighted by molar-refractivity contribution is 5.80. The Morgan fingerprint density at radius 2 is 2.20 bits per heavy atom. The zero-order chi connectivity index (χ0) is 14.7. The van der Waals surface area contributed by atoms with Crippen molar-refractivity contribution in [1.82, 2.24) is 4.90 Å². The van der Waals surface area contributed by atoms with Crippen LogP contribution in [-0.4, -0.2) is 41.1 Å². The van der Waals surface area contributed by atoms with E-state index >= 15 is 0 Å². The van der Waals surface area contributed by atoms with Crippen LogP contribution < -0.4 is 4.74 Å². The molecule has 1 saturated heterocycles. The van der Waals surface area contributed by atoms with Crippen LogP contribution in [0.3, 0.4) is 0 Å². The Bertz CT molecular complexity index is 514. The number of amides is 1. The zero-order valence-electron chi connectivity index (χ0n) is 11.7. The van der Waals surface area contributed by atoms with E-state index in [1.165, 1.54) is 0 Å². The molecule has 0 spiro atoms. The fourth-order valence-electron chi connectivity index (χ4n) is 2.55. The predicted molar refractivity (Wildman–Crippen MR) is 73.6 cm³/mol. The number of hydrogen-bond acceptors (Lipinski definition) is 3. The number of rotatable bonds is 4. The molecule has 0 bridgehead atoms. The lowest BCUT2D eigenvalue weighted by molar-refractivity contribution is -0.143. The first-order valence-electron chi connectivity index (χ1n) is 6.71. The molecule has 1 aromatic rings. The molecule has 1 fully saturated rings. The maximum absolute atomic E-state index is 12.1. The fraction of sp³-hybridized carbons (Fsp3) is 0.467. The normalized spacial score (nSPS) is 21.8. The number of aryl methyl sites for hydroxylation is 1. The quantitative estimate of drug-likeness (QED) is 0.909. The van der Waals surface area contributed by atoms with Crippen LogP contribution in [0, 0.1) is 12.8 Å². The van der Waals surface area contributed by atoms with E-state index in [0.29, 0.717) is 18.7 Å². The summed E-state index contributed by atoms with van der Waals surface area (Å²) in [6, 6.07) is 7.21. The van der Waals surface area contributed by atoms with Crippen LogP contribution in [0.1, 0.15) is 18.9 Å². The Kier molecular flexibility index (Phi) is 4.27. The van der Waals surface area contributed by atoms with Gasteiger partial charge in [0.05, 0.1) is 5.92 Å². The number of carbonyl (C=O) groups excluding carboxylic acids is 1. The molecule has 1 amide bonds. The number of hydrogen-bond donors (Lipinski definition) is 1. The van der Waals surface area contributed by atoms with Crippen molar-refractivity contribution in [3.63, 3.8) is 0 Å². The molecule has 1 N–H and O–H groups in total. The van der Waals surface area contributed by atoms with Crippen LogP contribution in [0.4, 0.5) is 0 Å². The summed E-state index contributed by atoms with van der Waals surface area (Å²) in [5, 5.41) is 9.05. The molecular formula is C15H19NO4. The lowest BCUT2D eigenvalue weighted by atomic mass is 10.0. The summed E-state index contributed by atoms with van der Waals surface area (Å²) in [7, 11) is 0. The van der Waals surface area contributed by atoms with E-state index in [1.54, 1.807) is 17.9 Å². The summed E-state index contributed by atoms with van der Waals surface area (Å²) in [4.78, 5) is 24.7. The highest BCUT2D eigenvalue weighted by Crippen LogP contribution is 2.24. The van der Waals surface area contributed by atoms with Gasteiger partial charge in [-0.2, -0.15) is 0 Å². The molecule has 2 rings (SSSR count). The molecule has 0 aliphatic carbocycles. The van der Waals surface area contributed by atoms with Crippen molar-refractivity contribution in [3.05, 3.63) is 29.8 Å². The van der Waals surface area contributed by atoms with Gasteiger partial charge >= 0.3 is 5.97 Å². The van der Waals surface area contributed by atoms with Crippen LogP contribution in [0.2, 0.25) is 0 Å². The van der Waals surface area contributed by atoms with E-state index in [1.807, 2.05) is 25.1 Å². The van der Waals surface area contributed by atoms with Gasteiger partial charge in [0.25, 0.3) is 5.91 Å². The molecule has 20 heavy (non-hydrogen) atoms. The average Bonchev–Trinajstić information content (AvgIpc) is 2.78. The van der Waals surface area contributed by atoms with Crippen molar-refractivity contribution in [3.8, 4) is 5.75 Å². The first kappa shape index (κ1) is 14.4. The van der Waals surface area contributed by atoms with Crippen LogP contribution in [-0.2, 0) is 9.59 Å². The van der Waals surface area contributed by atoms with Gasteiger partial charge in [0.2, 0.25) is 0 Å². The van der Waals surface area contributed by atoms with Gasteiger partial charge in [0.1, 0.15) is 5.75 Å². The number of carbonyl (C=O) groups is 2. The molecule has 0 aromatic heterocycles. The predicted octanol–water partition coefficient (Wildman–Crippen LogP) is 1.70. The van der Waals surface area contributed by atoms with Crippen molar-refractivity contribution in [2.75, 3.05) is 13.2 Å². The Morgan fingerprint density at radius 1 is 1.45 bits per heavy atom. The molecule has 108 valence electrons. The van der Waals surface area contributed by atoms with E-state index < -0.39 is 11.9 Å². The van der Waals surface area contributed by atoms with E-state index in [4.69, 9.17) is 9.84 Å². The molecule has 5 nitrogen and oxygen atoms in total. The minimum atomic E-state index is -0.840. The standard InChI is InChI=1S/C15H19NO4/c1-10-4-3-5-12(8-10)20-9-14(17)16-7-6-13(11(16)2)15(18)19/h3-5,8,11,13H,6-7,9H2,1-2H3,(H,18,19). The molecular weight excluding hydrogens is 258 g/mol. The highest BCUT2D eigenvalue weighted by Gasteiger charge is 2.38. The minimum absolute atomic E-state index is 0.0554. The first-order valence-corrected chi connectivity index (χ1v) is 6.71. The second-order valence-electron chi connectivity index (χ2n) is 5.17. The largest absolute Gasteiger partial charge is 0.484 e. The van der Waals surface area contributed by atoms with E-state index in [-0.39, 0.29) is 18.6 Å². The van der Waals surface area contributed by atoms with Gasteiger partial charge in [-0.05, 0) is 38.0 Å². The number of aliphatic carboxylic acids is 1. The second-order valence-corrected chi connectivity index (χ2v) is 5.17. The molecule has 1 heterocycles. The number of likely N-dealkylation sites (tertiary alicyclic amines) is 1. The third kappa shape index (κ3) is 3.10. The van der Waals surface area contributed by atoms with Crippen molar-refractivity contribution >= 4 is 11.9 Å². The van der Waals surface area contributed by atoms with Gasteiger partial charge in [-0.1, -0.05) is 12.1 Å². The van der Waals surface area contributed by atoms with Crippen LogP contribution in [0.5, 0.6) is 5.75 Å². The van der Waals surface area contributed by atoms with Crippen molar-refractivity contribution in [2.24, 2.45) is 5.92 Å². The zero-order valence-corrected chi connectivity index (χ0v) is 11.7. The lowest BCUT2D eigenvalue weighted by Gasteiger charge is -2.23. The molecule has 2 unspecified atom stereocenters. The van der Waals surface area contributed by atoms with Gasteiger partial charge in [0.15, 0.2) is 6.61 Å². The number of benzene rings is 1. The number of ether oxygens (including phenoxy) is 1. The van der Waals surface area contributed by atoms with Crippen LogP contribution in [0.25, 0.3) is 0 Å². The van der Waals surface area contributed by atoms with Gasteiger partial charge in [-0.3, -0.25) is 9.59 Å². The molecule has 0 saturated carbocycles. The van der Waals surface area contributed by atoms with Gasteiger partial charge in [-0.15, -0.1) is 0 Å². The lowest BCUT2D eigenvalue weighted by Crippen LogP contribution is -2.40. The summed E-state index contributed by atoms with van der Waals surface area (Å²) in [6.45, 7) is 4.15. The van der Waals surface area contributed by atoms with E-state index in [2.05, 4.69) is 0 Å². The molecule has 5 heteroatoms. The molecule has 2 atom stereocenters. The Morgan fingerprint density at radius 3 is 2.80 bits per heavy atom. The summed E-state index contributed by atoms with van der Waals surface area (Å²) >= 11 is 0. The maximum atomic E-state index is 12.1. The Labute approximate surface area is 118 Å².